The molecule has 0 radical (unpaired) electrons. The Labute approximate surface area is 330 Å². The molecule has 0 aliphatic rings. The van der Waals surface area contributed by atoms with Crippen molar-refractivity contribution in [3.8, 4) is 67.4 Å². The number of nitrogens with zero attached hydrogens (tertiary/aromatic N) is 4. The average molecular weight is 727 g/mol. The summed E-state index contributed by atoms with van der Waals surface area (Å²) in [6.45, 7) is 0. The van der Waals surface area contributed by atoms with Gasteiger partial charge in [-0.25, -0.2) is 14.5 Å². The Morgan fingerprint density at radius 1 is 0.333 bits per heavy atom. The van der Waals surface area contributed by atoms with Gasteiger partial charge in [-0.2, -0.15) is 5.10 Å². The summed E-state index contributed by atoms with van der Waals surface area (Å²) >= 11 is 0. The topological polar surface area (TPSA) is 43.1 Å². The summed E-state index contributed by atoms with van der Waals surface area (Å²) in [5.41, 5.74) is 13.6. The molecule has 0 amide bonds. The Morgan fingerprint density at radius 2 is 0.877 bits per heavy atom. The number of rotatable bonds is 6. The molecule has 11 aromatic rings. The van der Waals surface area contributed by atoms with E-state index >= 15 is 0 Å². The van der Waals surface area contributed by atoms with Crippen molar-refractivity contribution >= 4 is 38.0 Å². The van der Waals surface area contributed by atoms with E-state index in [1.807, 2.05) is 24.3 Å². The highest BCUT2D eigenvalue weighted by Crippen LogP contribution is 2.46. The number of benzene rings is 8. The van der Waals surface area contributed by atoms with Crippen LogP contribution in [0.5, 0.6) is 0 Å². The second-order valence-electron chi connectivity index (χ2n) is 14.4. The first kappa shape index (κ1) is 32.7. The van der Waals surface area contributed by atoms with Crippen LogP contribution in [0.15, 0.2) is 206 Å². The van der Waals surface area contributed by atoms with E-state index in [4.69, 9.17) is 15.1 Å². The number of pyridine rings is 1. The first-order chi connectivity index (χ1) is 28.3. The van der Waals surface area contributed by atoms with E-state index in [2.05, 4.69) is 187 Å². The minimum atomic E-state index is 0.714. The van der Waals surface area contributed by atoms with Crippen LogP contribution >= 0.6 is 0 Å². The van der Waals surface area contributed by atoms with Crippen LogP contribution in [0.25, 0.3) is 105 Å². The van der Waals surface area contributed by atoms with Gasteiger partial charge in [0.2, 0.25) is 0 Å². The summed E-state index contributed by atoms with van der Waals surface area (Å²) in [6.07, 6.45) is 0. The monoisotopic (exact) mass is 726 g/mol. The number of hydrogen-bond acceptors (Lipinski definition) is 3. The maximum Gasteiger partial charge on any atom is 0.160 e. The van der Waals surface area contributed by atoms with Crippen molar-refractivity contribution in [2.24, 2.45) is 0 Å². The summed E-state index contributed by atoms with van der Waals surface area (Å²) in [5, 5.41) is 11.3. The lowest BCUT2D eigenvalue weighted by molar-refractivity contribution is 0.981. The smallest absolute Gasteiger partial charge is 0.160 e. The molecule has 3 heterocycles. The minimum Gasteiger partial charge on any atom is -0.231 e. The molecule has 0 atom stereocenters. The van der Waals surface area contributed by atoms with Crippen molar-refractivity contribution in [3.05, 3.63) is 206 Å². The lowest BCUT2D eigenvalue weighted by atomic mass is 9.90. The quantitative estimate of drug-likeness (QED) is 0.171. The van der Waals surface area contributed by atoms with Crippen LogP contribution in [-0.4, -0.2) is 19.6 Å². The second kappa shape index (κ2) is 13.6. The molecule has 0 saturated carbocycles. The van der Waals surface area contributed by atoms with Crippen LogP contribution in [0.4, 0.5) is 0 Å². The van der Waals surface area contributed by atoms with E-state index in [9.17, 15) is 0 Å². The first-order valence-corrected chi connectivity index (χ1v) is 19.3. The molecule has 0 bridgehead atoms. The van der Waals surface area contributed by atoms with Crippen molar-refractivity contribution in [2.45, 2.75) is 0 Å². The highest BCUT2D eigenvalue weighted by molar-refractivity contribution is 6.15. The Kier molecular flexibility index (Phi) is 7.78. The third kappa shape index (κ3) is 5.58. The van der Waals surface area contributed by atoms with Gasteiger partial charge in [-0.15, -0.1) is 0 Å². The Bertz CT molecular complexity index is 3260. The third-order valence-electron chi connectivity index (χ3n) is 11.0. The van der Waals surface area contributed by atoms with E-state index < -0.39 is 0 Å². The van der Waals surface area contributed by atoms with Gasteiger partial charge in [0, 0.05) is 44.2 Å². The van der Waals surface area contributed by atoms with Crippen molar-refractivity contribution in [1.82, 2.24) is 19.6 Å². The van der Waals surface area contributed by atoms with E-state index in [0.29, 0.717) is 5.82 Å². The van der Waals surface area contributed by atoms with Crippen LogP contribution in [0.2, 0.25) is 0 Å². The van der Waals surface area contributed by atoms with Gasteiger partial charge in [-0.1, -0.05) is 194 Å². The molecular weight excluding hydrogens is 693 g/mol. The standard InChI is InChI=1S/C53H34N4/c1-4-17-36(18-5-1)48-50(42-33-28-35-16-10-11-23-41(35)34-42)56-57-51(39-19-6-2-7-20-39)47(43-24-12-13-25-44(43)52(48)57)37-29-31-38(32-30-37)49-45-26-14-15-27-46(45)54-53(55-49)40-21-8-3-9-22-40/h1-34H. The Morgan fingerprint density at radius 3 is 1.61 bits per heavy atom. The molecule has 0 spiro atoms. The fraction of sp³-hybridized carbons (Fsp3) is 0. The third-order valence-corrected chi connectivity index (χ3v) is 11.0. The SMILES string of the molecule is c1ccc(-c2nc(-c3ccc(-c4c(-c5ccccc5)n5nc(-c6ccc7ccccc7c6)c(-c6ccccc6)c5c5ccccc45)cc3)c3ccccc3n2)cc1. The summed E-state index contributed by atoms with van der Waals surface area (Å²) in [6, 6.07) is 72.7. The molecule has 0 unspecified atom stereocenters. The number of hydrogen-bond donors (Lipinski definition) is 0. The summed E-state index contributed by atoms with van der Waals surface area (Å²) in [5.74, 6) is 0.714. The number of aromatic nitrogens is 4. The van der Waals surface area contributed by atoms with Gasteiger partial charge in [0.25, 0.3) is 0 Å². The molecule has 11 rings (SSSR count). The molecule has 57 heavy (non-hydrogen) atoms. The second-order valence-corrected chi connectivity index (χ2v) is 14.4. The van der Waals surface area contributed by atoms with Crippen LogP contribution in [0.3, 0.4) is 0 Å². The predicted molar refractivity (Wildman–Crippen MR) is 236 cm³/mol. The lowest BCUT2D eigenvalue weighted by Crippen LogP contribution is -2.00. The Hall–Kier alpha value is -7.69. The number of para-hydroxylation sites is 1. The zero-order chi connectivity index (χ0) is 37.7. The maximum absolute atomic E-state index is 5.62. The lowest BCUT2D eigenvalue weighted by Gasteiger charge is -2.18. The van der Waals surface area contributed by atoms with E-state index in [-0.39, 0.29) is 0 Å². The molecule has 3 aromatic heterocycles. The Balaban J connectivity index is 1.19. The summed E-state index contributed by atoms with van der Waals surface area (Å²) in [7, 11) is 0. The van der Waals surface area contributed by atoms with Gasteiger partial charge >= 0.3 is 0 Å². The highest BCUT2D eigenvalue weighted by Gasteiger charge is 2.25. The van der Waals surface area contributed by atoms with Crippen LogP contribution < -0.4 is 0 Å². The molecule has 4 nitrogen and oxygen atoms in total. The van der Waals surface area contributed by atoms with E-state index in [1.165, 1.54) is 10.8 Å². The van der Waals surface area contributed by atoms with Crippen molar-refractivity contribution in [1.29, 1.82) is 0 Å². The van der Waals surface area contributed by atoms with Gasteiger partial charge in [-0.05, 0) is 39.4 Å². The van der Waals surface area contributed by atoms with Crippen molar-refractivity contribution < 1.29 is 0 Å². The van der Waals surface area contributed by atoms with Gasteiger partial charge in [-0.3, -0.25) is 0 Å². The van der Waals surface area contributed by atoms with E-state index in [0.717, 1.165) is 88.8 Å². The fourth-order valence-electron chi connectivity index (χ4n) is 8.35. The first-order valence-electron chi connectivity index (χ1n) is 19.3. The molecule has 0 fully saturated rings. The van der Waals surface area contributed by atoms with Crippen molar-refractivity contribution in [2.75, 3.05) is 0 Å². The fourth-order valence-corrected chi connectivity index (χ4v) is 8.35. The normalized spacial score (nSPS) is 11.5. The van der Waals surface area contributed by atoms with Gasteiger partial charge in [0.05, 0.1) is 22.4 Å². The largest absolute Gasteiger partial charge is 0.231 e. The molecule has 0 saturated heterocycles. The summed E-state index contributed by atoms with van der Waals surface area (Å²) < 4.78 is 2.21. The predicted octanol–water partition coefficient (Wildman–Crippen LogP) is 13.6. The highest BCUT2D eigenvalue weighted by atomic mass is 15.2. The molecule has 0 N–H and O–H groups in total. The summed E-state index contributed by atoms with van der Waals surface area (Å²) in [4.78, 5) is 10.1. The molecule has 0 aliphatic carbocycles. The zero-order valence-electron chi connectivity index (χ0n) is 30.9. The molecule has 8 aromatic carbocycles. The minimum absolute atomic E-state index is 0.714. The van der Waals surface area contributed by atoms with Gasteiger partial charge in [0.15, 0.2) is 5.82 Å². The molecule has 266 valence electrons. The number of fused-ring (bicyclic) bond motifs is 5. The molecular formula is C53H34N4. The van der Waals surface area contributed by atoms with Crippen LogP contribution in [0, 0.1) is 0 Å². The average Bonchev–Trinajstić information content (AvgIpc) is 3.70. The van der Waals surface area contributed by atoms with Crippen LogP contribution in [0.1, 0.15) is 0 Å². The van der Waals surface area contributed by atoms with Crippen molar-refractivity contribution in [3.63, 3.8) is 0 Å². The molecule has 4 heteroatoms. The van der Waals surface area contributed by atoms with Gasteiger partial charge in [0.1, 0.15) is 5.69 Å². The zero-order valence-corrected chi connectivity index (χ0v) is 30.9. The maximum atomic E-state index is 5.62. The van der Waals surface area contributed by atoms with Crippen LogP contribution in [-0.2, 0) is 0 Å². The molecule has 0 aliphatic heterocycles. The van der Waals surface area contributed by atoms with Gasteiger partial charge < -0.3 is 0 Å². The van der Waals surface area contributed by atoms with E-state index in [1.54, 1.807) is 0 Å².